The molecule has 0 aromatic rings. The van der Waals surface area contributed by atoms with Gasteiger partial charge in [-0.1, -0.05) is 12.5 Å². The van der Waals surface area contributed by atoms with Crippen LogP contribution in [0, 0.1) is 0 Å². The summed E-state index contributed by atoms with van der Waals surface area (Å²) in [6, 6.07) is 0.666. The molecule has 0 aliphatic heterocycles. The first kappa shape index (κ1) is 10.7. The van der Waals surface area contributed by atoms with Gasteiger partial charge in [-0.05, 0) is 39.7 Å². The van der Waals surface area contributed by atoms with Gasteiger partial charge in [0.2, 0.25) is 0 Å². The smallest absolute Gasteiger partial charge is 0.00387 e. The standard InChI is InChI=1S/C10H21N/c1-5-11-10(4)8-6-7-9(2)3/h10-11H,2,5-8H2,1,3-4H3. The molecule has 0 aliphatic rings. The highest BCUT2D eigenvalue weighted by Crippen LogP contribution is 2.05. The Kier molecular flexibility index (Phi) is 6.24. The summed E-state index contributed by atoms with van der Waals surface area (Å²) in [7, 11) is 0. The summed E-state index contributed by atoms with van der Waals surface area (Å²) >= 11 is 0. The van der Waals surface area contributed by atoms with Gasteiger partial charge in [-0.3, -0.25) is 0 Å². The molecule has 0 spiro atoms. The highest BCUT2D eigenvalue weighted by atomic mass is 14.9. The van der Waals surface area contributed by atoms with Crippen molar-refractivity contribution in [2.75, 3.05) is 6.54 Å². The average molecular weight is 155 g/mol. The molecule has 1 atom stereocenters. The minimum absolute atomic E-state index is 0.666. The van der Waals surface area contributed by atoms with Crippen LogP contribution in [0.15, 0.2) is 12.2 Å². The van der Waals surface area contributed by atoms with Crippen molar-refractivity contribution in [1.82, 2.24) is 5.32 Å². The predicted molar refractivity (Wildman–Crippen MR) is 51.8 cm³/mol. The molecule has 0 saturated carbocycles. The third kappa shape index (κ3) is 7.60. The highest BCUT2D eigenvalue weighted by Gasteiger charge is 1.97. The molecule has 0 aromatic carbocycles. The van der Waals surface area contributed by atoms with Crippen LogP contribution in [0.25, 0.3) is 0 Å². The van der Waals surface area contributed by atoms with Gasteiger partial charge >= 0.3 is 0 Å². The maximum absolute atomic E-state index is 3.88. The average Bonchev–Trinajstić information content (AvgIpc) is 1.87. The van der Waals surface area contributed by atoms with E-state index in [1.807, 2.05) is 0 Å². The topological polar surface area (TPSA) is 12.0 Å². The van der Waals surface area contributed by atoms with Crippen LogP contribution < -0.4 is 5.32 Å². The van der Waals surface area contributed by atoms with Gasteiger partial charge in [0.25, 0.3) is 0 Å². The zero-order valence-electron chi connectivity index (χ0n) is 8.11. The molecule has 1 nitrogen and oxygen atoms in total. The van der Waals surface area contributed by atoms with Crippen molar-refractivity contribution < 1.29 is 0 Å². The van der Waals surface area contributed by atoms with Crippen LogP contribution in [-0.2, 0) is 0 Å². The number of rotatable bonds is 6. The first-order valence-electron chi connectivity index (χ1n) is 4.54. The van der Waals surface area contributed by atoms with E-state index in [0.717, 1.165) is 6.54 Å². The second-order valence-corrected chi connectivity index (χ2v) is 3.31. The van der Waals surface area contributed by atoms with Crippen molar-refractivity contribution in [2.45, 2.75) is 46.1 Å². The normalized spacial score (nSPS) is 13.0. The Bertz CT molecular complexity index is 107. The quantitative estimate of drug-likeness (QED) is 0.582. The Morgan fingerprint density at radius 3 is 2.64 bits per heavy atom. The van der Waals surface area contributed by atoms with Crippen molar-refractivity contribution >= 4 is 0 Å². The molecule has 0 aliphatic carbocycles. The van der Waals surface area contributed by atoms with E-state index in [1.165, 1.54) is 24.8 Å². The Labute approximate surface area is 70.9 Å². The van der Waals surface area contributed by atoms with Crippen molar-refractivity contribution in [3.63, 3.8) is 0 Å². The van der Waals surface area contributed by atoms with Crippen LogP contribution in [0.5, 0.6) is 0 Å². The fourth-order valence-corrected chi connectivity index (χ4v) is 1.16. The summed E-state index contributed by atoms with van der Waals surface area (Å²) < 4.78 is 0. The summed E-state index contributed by atoms with van der Waals surface area (Å²) in [6.07, 6.45) is 3.71. The zero-order chi connectivity index (χ0) is 8.69. The second-order valence-electron chi connectivity index (χ2n) is 3.31. The zero-order valence-corrected chi connectivity index (χ0v) is 8.11. The molecule has 0 heterocycles. The number of nitrogens with one attached hydrogen (secondary N) is 1. The molecule has 1 N–H and O–H groups in total. The molecule has 0 rings (SSSR count). The molecule has 0 radical (unpaired) electrons. The molecule has 0 bridgehead atoms. The summed E-state index contributed by atoms with van der Waals surface area (Å²) in [5.41, 5.74) is 1.30. The van der Waals surface area contributed by atoms with Crippen LogP contribution in [0.3, 0.4) is 0 Å². The molecule has 66 valence electrons. The van der Waals surface area contributed by atoms with E-state index < -0.39 is 0 Å². The monoisotopic (exact) mass is 155 g/mol. The van der Waals surface area contributed by atoms with Gasteiger partial charge in [-0.25, -0.2) is 0 Å². The number of allylic oxidation sites excluding steroid dienone is 1. The molecule has 0 saturated heterocycles. The Morgan fingerprint density at radius 2 is 2.18 bits per heavy atom. The molecule has 1 heteroatoms. The lowest BCUT2D eigenvalue weighted by Gasteiger charge is -2.11. The maximum Gasteiger partial charge on any atom is 0.00387 e. The van der Waals surface area contributed by atoms with Gasteiger partial charge < -0.3 is 5.32 Å². The minimum Gasteiger partial charge on any atom is -0.315 e. The lowest BCUT2D eigenvalue weighted by molar-refractivity contribution is 0.512. The Balaban J connectivity index is 3.16. The fourth-order valence-electron chi connectivity index (χ4n) is 1.16. The van der Waals surface area contributed by atoms with Crippen molar-refractivity contribution in [2.24, 2.45) is 0 Å². The number of hydrogen-bond acceptors (Lipinski definition) is 1. The first-order valence-corrected chi connectivity index (χ1v) is 4.54. The highest BCUT2D eigenvalue weighted by molar-refractivity contribution is 4.87. The van der Waals surface area contributed by atoms with Gasteiger partial charge in [-0.15, -0.1) is 6.58 Å². The molecule has 0 aromatic heterocycles. The molecular formula is C10H21N. The molecule has 1 unspecified atom stereocenters. The molecule has 0 fully saturated rings. The van der Waals surface area contributed by atoms with Crippen LogP contribution in [0.4, 0.5) is 0 Å². The van der Waals surface area contributed by atoms with E-state index in [-0.39, 0.29) is 0 Å². The molecule has 11 heavy (non-hydrogen) atoms. The molecule has 0 amide bonds. The fraction of sp³-hybridized carbons (Fsp3) is 0.800. The van der Waals surface area contributed by atoms with Gasteiger partial charge in [0.1, 0.15) is 0 Å². The lowest BCUT2D eigenvalue weighted by Crippen LogP contribution is -2.25. The minimum atomic E-state index is 0.666. The van der Waals surface area contributed by atoms with Gasteiger partial charge in [0.15, 0.2) is 0 Å². The van der Waals surface area contributed by atoms with E-state index in [2.05, 4.69) is 32.7 Å². The van der Waals surface area contributed by atoms with Gasteiger partial charge in [0.05, 0.1) is 0 Å². The number of hydrogen-bond donors (Lipinski definition) is 1. The summed E-state index contributed by atoms with van der Waals surface area (Å²) in [5, 5.41) is 3.39. The SMILES string of the molecule is C=C(C)CCCC(C)NCC. The van der Waals surface area contributed by atoms with E-state index in [1.54, 1.807) is 0 Å². The third-order valence-electron chi connectivity index (χ3n) is 1.79. The summed E-state index contributed by atoms with van der Waals surface area (Å²) in [5.74, 6) is 0. The van der Waals surface area contributed by atoms with Crippen molar-refractivity contribution in [3.05, 3.63) is 12.2 Å². The van der Waals surface area contributed by atoms with Gasteiger partial charge in [0, 0.05) is 6.04 Å². The molecular weight excluding hydrogens is 134 g/mol. The van der Waals surface area contributed by atoms with Crippen LogP contribution in [0.1, 0.15) is 40.0 Å². The second kappa shape index (κ2) is 6.41. The van der Waals surface area contributed by atoms with Crippen molar-refractivity contribution in [3.8, 4) is 0 Å². The largest absolute Gasteiger partial charge is 0.315 e. The van der Waals surface area contributed by atoms with Crippen LogP contribution in [0.2, 0.25) is 0 Å². The Morgan fingerprint density at radius 1 is 1.55 bits per heavy atom. The maximum atomic E-state index is 3.88. The lowest BCUT2D eigenvalue weighted by atomic mass is 10.1. The predicted octanol–water partition coefficient (Wildman–Crippen LogP) is 2.73. The summed E-state index contributed by atoms with van der Waals surface area (Å²) in [6.45, 7) is 11.4. The van der Waals surface area contributed by atoms with E-state index in [9.17, 15) is 0 Å². The van der Waals surface area contributed by atoms with E-state index >= 15 is 0 Å². The third-order valence-corrected chi connectivity index (χ3v) is 1.79. The van der Waals surface area contributed by atoms with E-state index in [4.69, 9.17) is 0 Å². The van der Waals surface area contributed by atoms with E-state index in [0.29, 0.717) is 6.04 Å². The van der Waals surface area contributed by atoms with Crippen LogP contribution >= 0.6 is 0 Å². The first-order chi connectivity index (χ1) is 5.16. The Hall–Kier alpha value is -0.300. The van der Waals surface area contributed by atoms with Crippen LogP contribution in [-0.4, -0.2) is 12.6 Å². The van der Waals surface area contributed by atoms with Crippen molar-refractivity contribution in [1.29, 1.82) is 0 Å². The summed E-state index contributed by atoms with van der Waals surface area (Å²) in [4.78, 5) is 0. The van der Waals surface area contributed by atoms with Gasteiger partial charge in [-0.2, -0.15) is 0 Å².